The van der Waals surface area contributed by atoms with Gasteiger partial charge in [0.25, 0.3) is 0 Å². The number of aliphatic hydroxyl groups is 1. The van der Waals surface area contributed by atoms with Crippen LogP contribution in [0.25, 0.3) is 0 Å². The molecule has 3 heteroatoms. The maximum absolute atomic E-state index is 10.1. The molecule has 2 aromatic rings. The Morgan fingerprint density at radius 3 is 2.94 bits per heavy atom. The van der Waals surface area contributed by atoms with Gasteiger partial charge in [-0.05, 0) is 49.4 Å². The Hall–Kier alpha value is -1.06. The summed E-state index contributed by atoms with van der Waals surface area (Å²) in [5, 5.41) is 10.1. The lowest BCUT2D eigenvalue weighted by Crippen LogP contribution is -1.96. The molecule has 84 valence electrons. The van der Waals surface area contributed by atoms with E-state index in [2.05, 4.69) is 6.07 Å². The Balaban J connectivity index is 1.92. The summed E-state index contributed by atoms with van der Waals surface area (Å²) in [5.41, 5.74) is 1.43. The van der Waals surface area contributed by atoms with E-state index in [0.717, 1.165) is 11.3 Å². The van der Waals surface area contributed by atoms with Crippen LogP contribution in [0.4, 0.5) is 0 Å². The summed E-state index contributed by atoms with van der Waals surface area (Å²) >= 11 is 1.73. The van der Waals surface area contributed by atoms with Crippen LogP contribution in [0.1, 0.15) is 40.0 Å². The molecule has 0 fully saturated rings. The SMILES string of the molecule is OC(c1ccco1)c1cc2c(s1)CCCC2. The largest absolute Gasteiger partial charge is 0.466 e. The lowest BCUT2D eigenvalue weighted by atomic mass is 9.99. The Morgan fingerprint density at radius 1 is 1.31 bits per heavy atom. The third-order valence-corrected chi connectivity index (χ3v) is 4.39. The zero-order valence-electron chi connectivity index (χ0n) is 8.98. The van der Waals surface area contributed by atoms with Crippen LogP contribution in [0, 0.1) is 0 Å². The molecule has 2 nitrogen and oxygen atoms in total. The summed E-state index contributed by atoms with van der Waals surface area (Å²) in [6.45, 7) is 0. The van der Waals surface area contributed by atoms with Gasteiger partial charge in [-0.15, -0.1) is 11.3 Å². The highest BCUT2D eigenvalue weighted by atomic mass is 32.1. The van der Waals surface area contributed by atoms with Crippen molar-refractivity contribution in [2.75, 3.05) is 0 Å². The number of hydrogen-bond acceptors (Lipinski definition) is 3. The summed E-state index contributed by atoms with van der Waals surface area (Å²) in [5.74, 6) is 0.638. The van der Waals surface area contributed by atoms with Crippen molar-refractivity contribution >= 4 is 11.3 Å². The maximum atomic E-state index is 10.1. The summed E-state index contributed by atoms with van der Waals surface area (Å²) in [4.78, 5) is 2.47. The first-order valence-corrected chi connectivity index (χ1v) is 6.49. The number of fused-ring (bicyclic) bond motifs is 1. The number of furan rings is 1. The van der Waals surface area contributed by atoms with Gasteiger partial charge in [0.1, 0.15) is 11.9 Å². The summed E-state index contributed by atoms with van der Waals surface area (Å²) in [6, 6.07) is 5.78. The van der Waals surface area contributed by atoms with Gasteiger partial charge in [-0.1, -0.05) is 0 Å². The van der Waals surface area contributed by atoms with Crippen LogP contribution in [-0.4, -0.2) is 5.11 Å². The van der Waals surface area contributed by atoms with Crippen LogP contribution in [0.3, 0.4) is 0 Å². The van der Waals surface area contributed by atoms with Gasteiger partial charge in [0.2, 0.25) is 0 Å². The van der Waals surface area contributed by atoms with Crippen molar-refractivity contribution in [1.82, 2.24) is 0 Å². The van der Waals surface area contributed by atoms with Crippen molar-refractivity contribution in [3.05, 3.63) is 45.5 Å². The molecule has 0 spiro atoms. The van der Waals surface area contributed by atoms with Crippen molar-refractivity contribution in [2.45, 2.75) is 31.8 Å². The second-order valence-electron chi connectivity index (χ2n) is 4.22. The molecule has 1 aliphatic rings. The summed E-state index contributed by atoms with van der Waals surface area (Å²) in [6.07, 6.45) is 5.91. The minimum Gasteiger partial charge on any atom is -0.466 e. The second-order valence-corrected chi connectivity index (χ2v) is 5.39. The number of hydrogen-bond donors (Lipinski definition) is 1. The fourth-order valence-electron chi connectivity index (χ4n) is 2.24. The predicted molar refractivity (Wildman–Crippen MR) is 63.7 cm³/mol. The van der Waals surface area contributed by atoms with Gasteiger partial charge in [-0.25, -0.2) is 0 Å². The fraction of sp³-hybridized carbons (Fsp3) is 0.385. The highest BCUT2D eigenvalue weighted by Crippen LogP contribution is 2.35. The van der Waals surface area contributed by atoms with Crippen LogP contribution < -0.4 is 0 Å². The van der Waals surface area contributed by atoms with Crippen LogP contribution >= 0.6 is 11.3 Å². The van der Waals surface area contributed by atoms with Crippen LogP contribution in [-0.2, 0) is 12.8 Å². The molecule has 1 N–H and O–H groups in total. The Bertz CT molecular complexity index is 447. The minimum absolute atomic E-state index is 0.592. The van der Waals surface area contributed by atoms with Crippen molar-refractivity contribution < 1.29 is 9.52 Å². The standard InChI is InChI=1S/C13H14O2S/c14-13(10-5-3-7-15-10)12-8-9-4-1-2-6-11(9)16-12/h3,5,7-8,13-14H,1-2,4,6H2. The molecule has 1 unspecified atom stereocenters. The zero-order chi connectivity index (χ0) is 11.0. The van der Waals surface area contributed by atoms with Gasteiger partial charge in [-0.2, -0.15) is 0 Å². The summed E-state index contributed by atoms with van der Waals surface area (Å²) in [7, 11) is 0. The van der Waals surface area contributed by atoms with Crippen LogP contribution in [0.15, 0.2) is 28.9 Å². The van der Waals surface area contributed by atoms with E-state index in [1.165, 1.54) is 29.7 Å². The number of rotatable bonds is 2. The van der Waals surface area contributed by atoms with E-state index < -0.39 is 6.10 Å². The number of aliphatic hydroxyl groups excluding tert-OH is 1. The molecule has 0 saturated heterocycles. The van der Waals surface area contributed by atoms with Crippen molar-refractivity contribution in [2.24, 2.45) is 0 Å². The lowest BCUT2D eigenvalue weighted by Gasteiger charge is -2.08. The van der Waals surface area contributed by atoms with Gasteiger partial charge >= 0.3 is 0 Å². The monoisotopic (exact) mass is 234 g/mol. The third kappa shape index (κ3) is 1.70. The van der Waals surface area contributed by atoms with Crippen molar-refractivity contribution in [3.8, 4) is 0 Å². The molecule has 1 atom stereocenters. The highest BCUT2D eigenvalue weighted by Gasteiger charge is 2.20. The van der Waals surface area contributed by atoms with Crippen LogP contribution in [0.5, 0.6) is 0 Å². The van der Waals surface area contributed by atoms with E-state index in [0.29, 0.717) is 5.76 Å². The summed E-state index contributed by atoms with van der Waals surface area (Å²) < 4.78 is 5.24. The predicted octanol–water partition coefficient (Wildman–Crippen LogP) is 3.30. The molecule has 2 aromatic heterocycles. The molecule has 0 amide bonds. The van der Waals surface area contributed by atoms with Crippen LogP contribution in [0.2, 0.25) is 0 Å². The maximum Gasteiger partial charge on any atom is 0.146 e. The van der Waals surface area contributed by atoms with E-state index in [1.807, 2.05) is 12.1 Å². The molecular weight excluding hydrogens is 220 g/mol. The molecule has 0 bridgehead atoms. The average molecular weight is 234 g/mol. The zero-order valence-corrected chi connectivity index (χ0v) is 9.80. The molecule has 0 aliphatic heterocycles. The van der Waals surface area contributed by atoms with E-state index in [1.54, 1.807) is 17.6 Å². The Kier molecular flexibility index (Phi) is 2.58. The van der Waals surface area contributed by atoms with E-state index in [9.17, 15) is 5.11 Å². The first kappa shape index (κ1) is 10.1. The van der Waals surface area contributed by atoms with Crippen molar-refractivity contribution in [3.63, 3.8) is 0 Å². The average Bonchev–Trinajstić information content (AvgIpc) is 2.97. The molecule has 2 heterocycles. The number of aryl methyl sites for hydroxylation is 2. The molecule has 3 rings (SSSR count). The molecule has 0 radical (unpaired) electrons. The minimum atomic E-state index is -0.592. The topological polar surface area (TPSA) is 33.4 Å². The first-order chi connectivity index (χ1) is 7.84. The molecule has 0 saturated carbocycles. The molecule has 16 heavy (non-hydrogen) atoms. The smallest absolute Gasteiger partial charge is 0.146 e. The van der Waals surface area contributed by atoms with Gasteiger partial charge in [-0.3, -0.25) is 0 Å². The van der Waals surface area contributed by atoms with E-state index in [4.69, 9.17) is 4.42 Å². The van der Waals surface area contributed by atoms with E-state index >= 15 is 0 Å². The Labute approximate surface area is 98.5 Å². The lowest BCUT2D eigenvalue weighted by molar-refractivity contribution is 0.193. The van der Waals surface area contributed by atoms with Gasteiger partial charge in [0.15, 0.2) is 0 Å². The normalized spacial score (nSPS) is 17.1. The quantitative estimate of drug-likeness (QED) is 0.865. The molecular formula is C13H14O2S. The Morgan fingerprint density at radius 2 is 2.19 bits per heavy atom. The van der Waals surface area contributed by atoms with Gasteiger partial charge in [0, 0.05) is 9.75 Å². The highest BCUT2D eigenvalue weighted by molar-refractivity contribution is 7.12. The van der Waals surface area contributed by atoms with Gasteiger partial charge in [0.05, 0.1) is 6.26 Å². The van der Waals surface area contributed by atoms with Gasteiger partial charge < -0.3 is 9.52 Å². The molecule has 1 aliphatic carbocycles. The molecule has 0 aromatic carbocycles. The van der Waals surface area contributed by atoms with E-state index in [-0.39, 0.29) is 0 Å². The fourth-order valence-corrected chi connectivity index (χ4v) is 3.49. The number of thiophene rings is 1. The third-order valence-electron chi connectivity index (χ3n) is 3.10. The second kappa shape index (κ2) is 4.07. The van der Waals surface area contributed by atoms with Crippen molar-refractivity contribution in [1.29, 1.82) is 0 Å². The first-order valence-electron chi connectivity index (χ1n) is 5.67.